The van der Waals surface area contributed by atoms with Gasteiger partial charge in [-0.05, 0) is 37.1 Å². The molecule has 1 aliphatic heterocycles. The van der Waals surface area contributed by atoms with Gasteiger partial charge in [0, 0.05) is 56.4 Å². The molecule has 6 nitrogen and oxygen atoms in total. The van der Waals surface area contributed by atoms with Gasteiger partial charge < -0.3 is 16.0 Å². The van der Waals surface area contributed by atoms with Crippen LogP contribution < -0.4 is 16.0 Å². The van der Waals surface area contributed by atoms with Gasteiger partial charge in [-0.1, -0.05) is 0 Å². The summed E-state index contributed by atoms with van der Waals surface area (Å²) in [5.74, 6) is 0.196. The fourth-order valence-corrected chi connectivity index (χ4v) is 2.66. The summed E-state index contributed by atoms with van der Waals surface area (Å²) in [6.45, 7) is 5.63. The quantitative estimate of drug-likeness (QED) is 0.716. The largest absolute Gasteiger partial charge is 0.351 e. The highest BCUT2D eigenvalue weighted by Gasteiger charge is 2.29. The number of amides is 2. The topological polar surface area (TPSA) is 73.5 Å². The Bertz CT molecular complexity index is 554. The number of anilines is 1. The van der Waals surface area contributed by atoms with Gasteiger partial charge in [0.25, 0.3) is 5.91 Å². The summed E-state index contributed by atoms with van der Waals surface area (Å²) >= 11 is 0. The number of nitrogens with zero attached hydrogens (tertiary/aromatic N) is 1. The van der Waals surface area contributed by atoms with Crippen molar-refractivity contribution < 1.29 is 9.59 Å². The summed E-state index contributed by atoms with van der Waals surface area (Å²) < 4.78 is 0. The first-order valence-corrected chi connectivity index (χ1v) is 8.34. The second-order valence-electron chi connectivity index (χ2n) is 6.19. The molecule has 0 spiro atoms. The zero-order valence-electron chi connectivity index (χ0n) is 13.7. The molecule has 0 bridgehead atoms. The molecule has 3 N–H and O–H groups in total. The van der Waals surface area contributed by atoms with E-state index in [2.05, 4.69) is 20.9 Å². The molecule has 1 heterocycles. The average molecular weight is 353 g/mol. The molecule has 1 saturated heterocycles. The Hall–Kier alpha value is -1.63. The van der Waals surface area contributed by atoms with Crippen molar-refractivity contribution >= 4 is 29.9 Å². The predicted molar refractivity (Wildman–Crippen MR) is 96.7 cm³/mol. The fraction of sp³-hybridized carbons (Fsp3) is 0.529. The zero-order valence-corrected chi connectivity index (χ0v) is 14.5. The van der Waals surface area contributed by atoms with Crippen molar-refractivity contribution in [3.63, 3.8) is 0 Å². The molecule has 2 fully saturated rings. The third-order valence-electron chi connectivity index (χ3n) is 4.29. The van der Waals surface area contributed by atoms with E-state index >= 15 is 0 Å². The van der Waals surface area contributed by atoms with Crippen LogP contribution in [-0.4, -0.2) is 56.0 Å². The summed E-state index contributed by atoms with van der Waals surface area (Å²) in [6, 6.07) is 7.07. The molecule has 1 aliphatic carbocycles. The van der Waals surface area contributed by atoms with E-state index in [0.717, 1.165) is 51.3 Å². The number of benzene rings is 1. The Kier molecular flexibility index (Phi) is 7.02. The number of hydrogen-bond acceptors (Lipinski definition) is 4. The monoisotopic (exact) mass is 352 g/mol. The first kappa shape index (κ1) is 18.7. The van der Waals surface area contributed by atoms with E-state index in [9.17, 15) is 9.59 Å². The summed E-state index contributed by atoms with van der Waals surface area (Å²) in [4.78, 5) is 26.1. The molecule has 24 heavy (non-hydrogen) atoms. The number of carbonyl (C=O) groups excluding carboxylic acids is 2. The van der Waals surface area contributed by atoms with Crippen LogP contribution in [0.2, 0.25) is 0 Å². The summed E-state index contributed by atoms with van der Waals surface area (Å²) in [5.41, 5.74) is 1.37. The smallest absolute Gasteiger partial charge is 0.251 e. The van der Waals surface area contributed by atoms with Crippen LogP contribution in [0.3, 0.4) is 0 Å². The van der Waals surface area contributed by atoms with Crippen LogP contribution in [0.5, 0.6) is 0 Å². The van der Waals surface area contributed by atoms with Crippen molar-refractivity contribution in [2.75, 3.05) is 44.6 Å². The highest BCUT2D eigenvalue weighted by atomic mass is 35.5. The lowest BCUT2D eigenvalue weighted by atomic mass is 10.2. The number of rotatable bonds is 6. The predicted octanol–water partition coefficient (Wildman–Crippen LogP) is 1.09. The van der Waals surface area contributed by atoms with Crippen LogP contribution in [0.15, 0.2) is 24.3 Å². The number of carbonyl (C=O) groups is 2. The molecule has 1 saturated carbocycles. The lowest BCUT2D eigenvalue weighted by Gasteiger charge is -2.27. The van der Waals surface area contributed by atoms with Gasteiger partial charge in [-0.2, -0.15) is 0 Å². The van der Waals surface area contributed by atoms with Crippen LogP contribution in [0, 0.1) is 5.92 Å². The van der Waals surface area contributed by atoms with Crippen molar-refractivity contribution in [1.82, 2.24) is 15.5 Å². The fourth-order valence-electron chi connectivity index (χ4n) is 2.66. The molecular weight excluding hydrogens is 328 g/mol. The molecular formula is C17H25ClN4O2. The first-order chi connectivity index (χ1) is 11.2. The van der Waals surface area contributed by atoms with Crippen molar-refractivity contribution in [3.8, 4) is 0 Å². The van der Waals surface area contributed by atoms with Crippen LogP contribution in [0.4, 0.5) is 5.69 Å². The Balaban J connectivity index is 0.00000208. The minimum absolute atomic E-state index is 0. The molecule has 2 aliphatic rings. The number of nitrogens with one attached hydrogen (secondary N) is 3. The minimum atomic E-state index is -0.0693. The van der Waals surface area contributed by atoms with Crippen molar-refractivity contribution in [2.24, 2.45) is 5.92 Å². The molecule has 1 aromatic rings. The van der Waals surface area contributed by atoms with Gasteiger partial charge in [0.05, 0.1) is 0 Å². The van der Waals surface area contributed by atoms with Gasteiger partial charge in [-0.25, -0.2) is 0 Å². The van der Waals surface area contributed by atoms with Crippen molar-refractivity contribution in [2.45, 2.75) is 12.8 Å². The number of piperazine rings is 1. The highest BCUT2D eigenvalue weighted by Crippen LogP contribution is 2.30. The van der Waals surface area contributed by atoms with Gasteiger partial charge in [-0.3, -0.25) is 14.5 Å². The highest BCUT2D eigenvalue weighted by molar-refractivity contribution is 5.96. The van der Waals surface area contributed by atoms with E-state index in [-0.39, 0.29) is 30.1 Å². The van der Waals surface area contributed by atoms with Gasteiger partial charge in [0.1, 0.15) is 0 Å². The van der Waals surface area contributed by atoms with E-state index in [0.29, 0.717) is 12.1 Å². The minimum Gasteiger partial charge on any atom is -0.351 e. The lowest BCUT2D eigenvalue weighted by Crippen LogP contribution is -2.46. The maximum absolute atomic E-state index is 12.1. The van der Waals surface area contributed by atoms with Crippen molar-refractivity contribution in [1.29, 1.82) is 0 Å². The van der Waals surface area contributed by atoms with Crippen LogP contribution in [-0.2, 0) is 4.79 Å². The normalized spacial score (nSPS) is 17.7. The lowest BCUT2D eigenvalue weighted by molar-refractivity contribution is -0.117. The Morgan fingerprint density at radius 3 is 2.42 bits per heavy atom. The molecule has 1 aromatic carbocycles. The van der Waals surface area contributed by atoms with E-state index < -0.39 is 0 Å². The Morgan fingerprint density at radius 1 is 1.12 bits per heavy atom. The molecule has 3 rings (SSSR count). The van der Waals surface area contributed by atoms with E-state index in [1.54, 1.807) is 24.3 Å². The summed E-state index contributed by atoms with van der Waals surface area (Å²) in [7, 11) is 0. The summed E-state index contributed by atoms with van der Waals surface area (Å²) in [5, 5.41) is 9.13. The van der Waals surface area contributed by atoms with Crippen LogP contribution >= 0.6 is 12.4 Å². The second kappa shape index (κ2) is 9.01. The maximum atomic E-state index is 12.1. The molecule has 0 atom stereocenters. The Labute approximate surface area is 148 Å². The van der Waals surface area contributed by atoms with E-state index in [4.69, 9.17) is 0 Å². The summed E-state index contributed by atoms with van der Waals surface area (Å²) in [6.07, 6.45) is 1.97. The Morgan fingerprint density at radius 2 is 1.79 bits per heavy atom. The van der Waals surface area contributed by atoms with Crippen molar-refractivity contribution in [3.05, 3.63) is 29.8 Å². The van der Waals surface area contributed by atoms with Gasteiger partial charge in [-0.15, -0.1) is 12.4 Å². The van der Waals surface area contributed by atoms with E-state index in [1.165, 1.54) is 0 Å². The van der Waals surface area contributed by atoms with Crippen LogP contribution in [0.1, 0.15) is 23.2 Å². The molecule has 0 aromatic heterocycles. The van der Waals surface area contributed by atoms with Gasteiger partial charge in [0.15, 0.2) is 0 Å². The molecule has 7 heteroatoms. The average Bonchev–Trinajstić information content (AvgIpc) is 3.41. The third-order valence-corrected chi connectivity index (χ3v) is 4.29. The second-order valence-corrected chi connectivity index (χ2v) is 6.19. The standard InChI is InChI=1S/C17H24N4O2.ClH/c22-16(19-9-12-21-10-7-18-8-11-21)13-3-5-15(6-4-13)20-17(23)14-1-2-14;/h3-6,14,18H,1-2,7-12H2,(H,19,22)(H,20,23);1H. The van der Waals surface area contributed by atoms with E-state index in [1.807, 2.05) is 0 Å². The first-order valence-electron chi connectivity index (χ1n) is 8.34. The molecule has 132 valence electrons. The SMILES string of the molecule is Cl.O=C(NCCN1CCNCC1)c1ccc(NC(=O)C2CC2)cc1. The van der Waals surface area contributed by atoms with Gasteiger partial charge in [0.2, 0.25) is 5.91 Å². The maximum Gasteiger partial charge on any atom is 0.251 e. The molecule has 0 unspecified atom stereocenters. The molecule has 2 amide bonds. The zero-order chi connectivity index (χ0) is 16.1. The number of hydrogen-bond donors (Lipinski definition) is 3. The third kappa shape index (κ3) is 5.47. The van der Waals surface area contributed by atoms with Gasteiger partial charge >= 0.3 is 0 Å². The van der Waals surface area contributed by atoms with Crippen LogP contribution in [0.25, 0.3) is 0 Å². The number of halogens is 1. The molecule has 0 radical (unpaired) electrons.